The fraction of sp³-hybridized carbons (Fsp3) is 0.364. The maximum Gasteiger partial charge on any atom is 0.234 e. The summed E-state index contributed by atoms with van der Waals surface area (Å²) in [6, 6.07) is 3.03. The van der Waals surface area contributed by atoms with E-state index in [4.69, 9.17) is 39.9 Å². The van der Waals surface area contributed by atoms with E-state index in [1.807, 2.05) is 0 Å². The molecule has 0 bridgehead atoms. The van der Waals surface area contributed by atoms with Gasteiger partial charge in [0, 0.05) is 11.6 Å². The van der Waals surface area contributed by atoms with E-state index in [0.717, 1.165) is 5.75 Å². The van der Waals surface area contributed by atoms with Crippen molar-refractivity contribution in [1.29, 1.82) is 0 Å². The molecule has 100 valence electrons. The van der Waals surface area contributed by atoms with E-state index in [0.29, 0.717) is 27.2 Å². The predicted molar refractivity (Wildman–Crippen MR) is 79.1 cm³/mol. The highest BCUT2D eigenvalue weighted by atomic mass is 35.5. The van der Waals surface area contributed by atoms with E-state index in [2.05, 4.69) is 5.32 Å². The molecule has 0 saturated heterocycles. The van der Waals surface area contributed by atoms with Gasteiger partial charge in [-0.05, 0) is 24.3 Å². The Morgan fingerprint density at radius 2 is 1.89 bits per heavy atom. The summed E-state index contributed by atoms with van der Waals surface area (Å²) in [5.41, 5.74) is 0.371. The van der Waals surface area contributed by atoms with Crippen LogP contribution < -0.4 is 5.32 Å². The zero-order chi connectivity index (χ0) is 13.5. The highest BCUT2D eigenvalue weighted by Gasteiger charge is 2.11. The van der Waals surface area contributed by atoms with E-state index in [1.54, 1.807) is 0 Å². The topological polar surface area (TPSA) is 49.3 Å². The molecular formula is C11H12Cl3NO2S. The second-order valence-electron chi connectivity index (χ2n) is 3.42. The van der Waals surface area contributed by atoms with Crippen LogP contribution in [0.4, 0.5) is 5.69 Å². The number of hydrogen-bond acceptors (Lipinski definition) is 3. The fourth-order valence-electron chi connectivity index (χ4n) is 1.17. The molecule has 0 aliphatic heterocycles. The zero-order valence-electron chi connectivity index (χ0n) is 9.38. The van der Waals surface area contributed by atoms with Crippen molar-refractivity contribution in [3.05, 3.63) is 27.2 Å². The molecule has 0 aliphatic rings. The van der Waals surface area contributed by atoms with Gasteiger partial charge in [0.1, 0.15) is 0 Å². The zero-order valence-corrected chi connectivity index (χ0v) is 12.5. The minimum Gasteiger partial charge on any atom is -0.396 e. The van der Waals surface area contributed by atoms with E-state index in [-0.39, 0.29) is 18.3 Å². The number of halogens is 3. The third kappa shape index (κ3) is 5.24. The summed E-state index contributed by atoms with van der Waals surface area (Å²) < 4.78 is 0. The normalized spacial score (nSPS) is 10.4. The Kier molecular flexibility index (Phi) is 7.19. The van der Waals surface area contributed by atoms with Gasteiger partial charge in [0.15, 0.2) is 0 Å². The predicted octanol–water partition coefficient (Wildman–Crippen LogP) is 3.70. The lowest BCUT2D eigenvalue weighted by Crippen LogP contribution is -2.15. The summed E-state index contributed by atoms with van der Waals surface area (Å²) in [5, 5.41) is 12.3. The number of nitrogens with one attached hydrogen (secondary N) is 1. The summed E-state index contributed by atoms with van der Waals surface area (Å²) >= 11 is 19.1. The Labute approximate surface area is 125 Å². The third-order valence-electron chi connectivity index (χ3n) is 1.95. The van der Waals surface area contributed by atoms with E-state index in [1.165, 1.54) is 23.9 Å². The molecule has 0 fully saturated rings. The first-order chi connectivity index (χ1) is 8.54. The highest BCUT2D eigenvalue weighted by Crippen LogP contribution is 2.33. The molecule has 0 saturated carbocycles. The first-order valence-corrected chi connectivity index (χ1v) is 7.46. The molecule has 0 radical (unpaired) electrons. The molecule has 3 nitrogen and oxygen atoms in total. The van der Waals surface area contributed by atoms with Gasteiger partial charge in [-0.25, -0.2) is 0 Å². The van der Waals surface area contributed by atoms with Crippen LogP contribution >= 0.6 is 46.6 Å². The van der Waals surface area contributed by atoms with Crippen LogP contribution in [-0.2, 0) is 4.79 Å². The van der Waals surface area contributed by atoms with Gasteiger partial charge in [0.2, 0.25) is 5.91 Å². The number of hydrogen-bond donors (Lipinski definition) is 2. The molecule has 7 heteroatoms. The number of benzene rings is 1. The summed E-state index contributed by atoms with van der Waals surface area (Å²) in [6.07, 6.45) is 0.667. The monoisotopic (exact) mass is 327 g/mol. The standard InChI is InChI=1S/C11H12Cl3NO2S/c12-7-4-8(13)11(9(14)5-7)15-10(17)6-18-3-1-2-16/h4-5,16H,1-3,6H2,(H,15,17). The van der Waals surface area contributed by atoms with E-state index < -0.39 is 0 Å². The second-order valence-corrected chi connectivity index (χ2v) is 5.78. The van der Waals surface area contributed by atoms with Crippen LogP contribution in [0.1, 0.15) is 6.42 Å². The van der Waals surface area contributed by atoms with Crippen molar-refractivity contribution in [1.82, 2.24) is 0 Å². The first kappa shape index (κ1) is 15.9. The minimum absolute atomic E-state index is 0.128. The Morgan fingerprint density at radius 1 is 1.28 bits per heavy atom. The molecule has 1 aromatic rings. The number of aliphatic hydroxyl groups excluding tert-OH is 1. The Bertz CT molecular complexity index is 406. The van der Waals surface area contributed by atoms with Crippen molar-refractivity contribution >= 4 is 58.2 Å². The molecule has 0 unspecified atom stereocenters. The SMILES string of the molecule is O=C(CSCCCO)Nc1c(Cl)cc(Cl)cc1Cl. The largest absolute Gasteiger partial charge is 0.396 e. The number of anilines is 1. The summed E-state index contributed by atoms with van der Waals surface area (Å²) in [4.78, 5) is 11.6. The molecule has 1 aromatic carbocycles. The number of aliphatic hydroxyl groups is 1. The third-order valence-corrected chi connectivity index (χ3v) is 3.81. The average molecular weight is 329 g/mol. The molecule has 18 heavy (non-hydrogen) atoms. The quantitative estimate of drug-likeness (QED) is 0.783. The van der Waals surface area contributed by atoms with Crippen LogP contribution in [0.3, 0.4) is 0 Å². The summed E-state index contributed by atoms with van der Waals surface area (Å²) in [6.45, 7) is 0.128. The highest BCUT2D eigenvalue weighted by molar-refractivity contribution is 7.99. The number of carbonyl (C=O) groups excluding carboxylic acids is 1. The Hall–Kier alpha value is -0.130. The van der Waals surface area contributed by atoms with Crippen LogP contribution in [0.2, 0.25) is 15.1 Å². The maximum atomic E-state index is 11.6. The Balaban J connectivity index is 2.54. The lowest BCUT2D eigenvalue weighted by Gasteiger charge is -2.09. The van der Waals surface area contributed by atoms with E-state index in [9.17, 15) is 4.79 Å². The Morgan fingerprint density at radius 3 is 2.44 bits per heavy atom. The smallest absolute Gasteiger partial charge is 0.234 e. The van der Waals surface area contributed by atoms with Gasteiger partial charge in [0.05, 0.1) is 21.5 Å². The first-order valence-electron chi connectivity index (χ1n) is 5.17. The summed E-state index contributed by atoms with van der Waals surface area (Å²) in [7, 11) is 0. The van der Waals surface area contributed by atoms with Crippen LogP contribution in [0.15, 0.2) is 12.1 Å². The summed E-state index contributed by atoms with van der Waals surface area (Å²) in [5.74, 6) is 0.824. The van der Waals surface area contributed by atoms with Gasteiger partial charge in [0.25, 0.3) is 0 Å². The van der Waals surface area contributed by atoms with Gasteiger partial charge in [-0.2, -0.15) is 11.8 Å². The molecule has 0 aromatic heterocycles. The lowest BCUT2D eigenvalue weighted by molar-refractivity contribution is -0.113. The number of thioether (sulfide) groups is 1. The van der Waals surface area contributed by atoms with Crippen molar-refractivity contribution in [2.75, 3.05) is 23.4 Å². The number of rotatable bonds is 6. The maximum absolute atomic E-state index is 11.6. The lowest BCUT2D eigenvalue weighted by atomic mass is 10.3. The van der Waals surface area contributed by atoms with Gasteiger partial charge >= 0.3 is 0 Å². The van der Waals surface area contributed by atoms with Gasteiger partial charge in [-0.1, -0.05) is 34.8 Å². The van der Waals surface area contributed by atoms with Gasteiger partial charge in [-0.3, -0.25) is 4.79 Å². The fourth-order valence-corrected chi connectivity index (χ4v) is 2.82. The molecule has 1 rings (SSSR count). The number of carbonyl (C=O) groups is 1. The van der Waals surface area contributed by atoms with Crippen molar-refractivity contribution in [3.8, 4) is 0 Å². The van der Waals surface area contributed by atoms with Gasteiger partial charge in [-0.15, -0.1) is 0 Å². The molecule has 0 atom stereocenters. The van der Waals surface area contributed by atoms with Gasteiger partial charge < -0.3 is 10.4 Å². The van der Waals surface area contributed by atoms with Crippen molar-refractivity contribution < 1.29 is 9.90 Å². The average Bonchev–Trinajstić information content (AvgIpc) is 2.29. The molecule has 1 amide bonds. The van der Waals surface area contributed by atoms with Crippen molar-refractivity contribution in [3.63, 3.8) is 0 Å². The van der Waals surface area contributed by atoms with Crippen molar-refractivity contribution in [2.24, 2.45) is 0 Å². The van der Waals surface area contributed by atoms with Crippen molar-refractivity contribution in [2.45, 2.75) is 6.42 Å². The van der Waals surface area contributed by atoms with Crippen LogP contribution in [0, 0.1) is 0 Å². The minimum atomic E-state index is -0.191. The van der Waals surface area contributed by atoms with Crippen LogP contribution in [-0.4, -0.2) is 29.1 Å². The second kappa shape index (κ2) is 8.12. The number of amides is 1. The molecular weight excluding hydrogens is 317 g/mol. The van der Waals surface area contributed by atoms with Crippen LogP contribution in [0.5, 0.6) is 0 Å². The molecule has 0 spiro atoms. The molecule has 2 N–H and O–H groups in total. The molecule has 0 heterocycles. The van der Waals surface area contributed by atoms with Crippen LogP contribution in [0.25, 0.3) is 0 Å². The molecule has 0 aliphatic carbocycles. The van der Waals surface area contributed by atoms with E-state index >= 15 is 0 Å².